The molecule has 1 amide bonds. The highest BCUT2D eigenvalue weighted by Gasteiger charge is 2.22. The summed E-state index contributed by atoms with van der Waals surface area (Å²) in [4.78, 5) is 12.8. The normalized spacial score (nSPS) is 11.3. The van der Waals surface area contributed by atoms with Crippen LogP contribution in [0, 0.1) is 5.82 Å². The predicted octanol–water partition coefficient (Wildman–Crippen LogP) is 3.91. The maximum Gasteiger partial charge on any atom is 0.255 e. The fraction of sp³-hybridized carbons (Fsp3) is 0.136. The van der Waals surface area contributed by atoms with E-state index in [0.29, 0.717) is 22.6 Å². The highest BCUT2D eigenvalue weighted by molar-refractivity contribution is 7.89. The monoisotopic (exact) mass is 428 g/mol. The highest BCUT2D eigenvalue weighted by Crippen LogP contribution is 2.24. The molecule has 3 rings (SSSR count). The van der Waals surface area contributed by atoms with Crippen molar-refractivity contribution in [3.05, 3.63) is 89.7 Å². The molecule has 0 aliphatic carbocycles. The van der Waals surface area contributed by atoms with Crippen molar-refractivity contribution in [2.24, 2.45) is 0 Å². The average molecular weight is 428 g/mol. The Morgan fingerprint density at radius 2 is 1.70 bits per heavy atom. The number of halogens is 1. The van der Waals surface area contributed by atoms with Gasteiger partial charge in [0.15, 0.2) is 0 Å². The first-order valence-corrected chi connectivity index (χ1v) is 10.5. The number of carbonyl (C=O) groups excluding carboxylic acids is 1. The van der Waals surface area contributed by atoms with E-state index < -0.39 is 21.7 Å². The Balaban J connectivity index is 1.84. The van der Waals surface area contributed by atoms with Gasteiger partial charge >= 0.3 is 0 Å². The minimum atomic E-state index is -3.71. The number of rotatable bonds is 7. The molecule has 0 saturated carbocycles. The molecule has 0 saturated heterocycles. The number of carbonyl (C=O) groups is 1. The van der Waals surface area contributed by atoms with E-state index in [2.05, 4.69) is 5.32 Å². The number of hydrogen-bond donors (Lipinski definition) is 1. The van der Waals surface area contributed by atoms with Gasteiger partial charge in [-0.25, -0.2) is 12.8 Å². The number of amides is 1. The van der Waals surface area contributed by atoms with E-state index in [1.54, 1.807) is 36.4 Å². The molecule has 0 spiro atoms. The smallest absolute Gasteiger partial charge is 0.255 e. The quantitative estimate of drug-likeness (QED) is 0.619. The lowest BCUT2D eigenvalue weighted by molar-refractivity contribution is 0.102. The summed E-state index contributed by atoms with van der Waals surface area (Å²) >= 11 is 0. The van der Waals surface area contributed by atoms with Crippen molar-refractivity contribution in [2.45, 2.75) is 11.4 Å². The van der Waals surface area contributed by atoms with Crippen LogP contribution in [0.1, 0.15) is 15.9 Å². The number of benzene rings is 3. The first kappa shape index (κ1) is 21.5. The van der Waals surface area contributed by atoms with Gasteiger partial charge in [-0.3, -0.25) is 4.79 Å². The number of methoxy groups -OCH3 is 1. The molecular weight excluding hydrogens is 407 g/mol. The number of sulfonamides is 1. The number of nitrogens with one attached hydrogen (secondary N) is 1. The van der Waals surface area contributed by atoms with Crippen molar-refractivity contribution in [3.63, 3.8) is 0 Å². The molecule has 0 aromatic heterocycles. The number of nitrogens with zero attached hydrogens (tertiary/aromatic N) is 1. The third kappa shape index (κ3) is 4.84. The Kier molecular flexibility index (Phi) is 6.49. The summed E-state index contributed by atoms with van der Waals surface area (Å²) in [6.07, 6.45) is 0. The van der Waals surface area contributed by atoms with Crippen LogP contribution in [0.2, 0.25) is 0 Å². The summed E-state index contributed by atoms with van der Waals surface area (Å²) in [6, 6.07) is 18.3. The molecule has 3 aromatic carbocycles. The molecule has 0 aliphatic rings. The Morgan fingerprint density at radius 3 is 2.33 bits per heavy atom. The van der Waals surface area contributed by atoms with Gasteiger partial charge < -0.3 is 10.1 Å². The lowest BCUT2D eigenvalue weighted by Gasteiger charge is -2.19. The van der Waals surface area contributed by atoms with Crippen molar-refractivity contribution in [2.75, 3.05) is 19.5 Å². The summed E-state index contributed by atoms with van der Waals surface area (Å²) in [6.45, 7) is 0.0120. The molecule has 30 heavy (non-hydrogen) atoms. The van der Waals surface area contributed by atoms with Crippen molar-refractivity contribution in [3.8, 4) is 5.75 Å². The summed E-state index contributed by atoms with van der Waals surface area (Å²) in [7, 11) is -0.766. The zero-order valence-corrected chi connectivity index (χ0v) is 17.3. The van der Waals surface area contributed by atoms with E-state index in [-0.39, 0.29) is 11.4 Å². The Hall–Kier alpha value is -3.23. The second kappa shape index (κ2) is 9.06. The fourth-order valence-corrected chi connectivity index (χ4v) is 4.05. The van der Waals surface area contributed by atoms with Crippen LogP contribution in [-0.4, -0.2) is 32.8 Å². The molecule has 0 heterocycles. The molecule has 8 heteroatoms. The summed E-state index contributed by atoms with van der Waals surface area (Å²) in [5, 5.41) is 2.68. The van der Waals surface area contributed by atoms with Crippen LogP contribution >= 0.6 is 0 Å². The maximum absolute atomic E-state index is 13.0. The third-order valence-corrected chi connectivity index (χ3v) is 6.31. The van der Waals surface area contributed by atoms with Crippen molar-refractivity contribution in [1.82, 2.24) is 4.31 Å². The first-order valence-electron chi connectivity index (χ1n) is 9.06. The van der Waals surface area contributed by atoms with Crippen LogP contribution in [0.3, 0.4) is 0 Å². The van der Waals surface area contributed by atoms with Crippen LogP contribution < -0.4 is 10.1 Å². The second-order valence-electron chi connectivity index (χ2n) is 6.56. The van der Waals surface area contributed by atoms with Gasteiger partial charge in [0.2, 0.25) is 10.0 Å². The van der Waals surface area contributed by atoms with Crippen LogP contribution in [0.5, 0.6) is 5.75 Å². The molecule has 0 aliphatic heterocycles. The maximum atomic E-state index is 13.0. The van der Waals surface area contributed by atoms with Gasteiger partial charge in [0.1, 0.15) is 11.6 Å². The van der Waals surface area contributed by atoms with E-state index in [9.17, 15) is 17.6 Å². The largest absolute Gasteiger partial charge is 0.496 e. The van der Waals surface area contributed by atoms with E-state index in [1.807, 2.05) is 0 Å². The van der Waals surface area contributed by atoms with Gasteiger partial charge in [0.25, 0.3) is 5.91 Å². The van der Waals surface area contributed by atoms with Gasteiger partial charge in [0, 0.05) is 30.4 Å². The SMILES string of the molecule is COc1ccc(C(=O)Nc2ccc(F)cc2)cc1CN(C)S(=O)(=O)c1ccccc1. The number of hydrogen-bond acceptors (Lipinski definition) is 4. The number of ether oxygens (including phenoxy) is 1. The summed E-state index contributed by atoms with van der Waals surface area (Å²) in [5.41, 5.74) is 1.30. The molecular formula is C22H21FN2O4S. The van der Waals surface area contributed by atoms with Crippen molar-refractivity contribution < 1.29 is 22.3 Å². The zero-order valence-electron chi connectivity index (χ0n) is 16.5. The molecule has 0 bridgehead atoms. The molecule has 0 radical (unpaired) electrons. The van der Waals surface area contributed by atoms with E-state index in [4.69, 9.17) is 4.74 Å². The summed E-state index contributed by atoms with van der Waals surface area (Å²) in [5.74, 6) is -0.343. The minimum Gasteiger partial charge on any atom is -0.496 e. The summed E-state index contributed by atoms with van der Waals surface area (Å²) < 4.78 is 45.2. The van der Waals surface area contributed by atoms with Crippen molar-refractivity contribution >= 4 is 21.6 Å². The molecule has 0 unspecified atom stereocenters. The highest BCUT2D eigenvalue weighted by atomic mass is 32.2. The Labute approximate surface area is 175 Å². The third-order valence-electron chi connectivity index (χ3n) is 4.49. The van der Waals surface area contributed by atoms with E-state index in [0.717, 1.165) is 0 Å². The van der Waals surface area contributed by atoms with Gasteiger partial charge in [-0.2, -0.15) is 4.31 Å². The first-order chi connectivity index (χ1) is 14.3. The van der Waals surface area contributed by atoms with Crippen LogP contribution in [0.15, 0.2) is 77.7 Å². The van der Waals surface area contributed by atoms with Gasteiger partial charge in [-0.15, -0.1) is 0 Å². The van der Waals surface area contributed by atoms with E-state index in [1.165, 1.54) is 54.9 Å². The molecule has 3 aromatic rings. The Morgan fingerprint density at radius 1 is 1.03 bits per heavy atom. The van der Waals surface area contributed by atoms with E-state index >= 15 is 0 Å². The van der Waals surface area contributed by atoms with Gasteiger partial charge in [0.05, 0.1) is 12.0 Å². The molecule has 1 N–H and O–H groups in total. The van der Waals surface area contributed by atoms with Crippen LogP contribution in [-0.2, 0) is 16.6 Å². The fourth-order valence-electron chi connectivity index (χ4n) is 2.88. The molecule has 0 fully saturated rings. The number of anilines is 1. The lowest BCUT2D eigenvalue weighted by Crippen LogP contribution is -2.27. The zero-order chi connectivity index (χ0) is 21.7. The topological polar surface area (TPSA) is 75.7 Å². The Bertz CT molecular complexity index is 1130. The second-order valence-corrected chi connectivity index (χ2v) is 8.61. The molecule has 156 valence electrons. The van der Waals surface area contributed by atoms with Crippen LogP contribution in [0.25, 0.3) is 0 Å². The van der Waals surface area contributed by atoms with Crippen LogP contribution in [0.4, 0.5) is 10.1 Å². The average Bonchev–Trinajstić information content (AvgIpc) is 2.75. The lowest BCUT2D eigenvalue weighted by atomic mass is 10.1. The molecule has 6 nitrogen and oxygen atoms in total. The minimum absolute atomic E-state index is 0.0120. The molecule has 0 atom stereocenters. The van der Waals surface area contributed by atoms with Gasteiger partial charge in [-0.05, 0) is 54.6 Å². The van der Waals surface area contributed by atoms with Crippen molar-refractivity contribution in [1.29, 1.82) is 0 Å². The standard InChI is InChI=1S/C22H21FN2O4S/c1-25(30(27,28)20-6-4-3-5-7-20)15-17-14-16(8-13-21(17)29-2)22(26)24-19-11-9-18(23)10-12-19/h3-14H,15H2,1-2H3,(H,24,26). The van der Waals surface area contributed by atoms with Gasteiger partial charge in [-0.1, -0.05) is 18.2 Å². The predicted molar refractivity (Wildman–Crippen MR) is 112 cm³/mol.